The number of carbonyl (C=O) groups is 2. The molecule has 2 saturated heterocycles. The molecular weight excluding hydrogens is 730 g/mol. The van der Waals surface area contributed by atoms with E-state index in [0.29, 0.717) is 38.9 Å². The molecule has 2 aliphatic heterocycles. The molecule has 0 radical (unpaired) electrons. The molecule has 1 N–H and O–H groups in total. The Kier molecular flexibility index (Phi) is 15.5. The van der Waals surface area contributed by atoms with Gasteiger partial charge in [-0.2, -0.15) is 0 Å². The van der Waals surface area contributed by atoms with E-state index in [1.807, 2.05) is 0 Å². The van der Waals surface area contributed by atoms with Crippen molar-refractivity contribution in [2.45, 2.75) is 62.1 Å². The van der Waals surface area contributed by atoms with E-state index in [2.05, 4.69) is 4.98 Å². The number of hydrogen-bond acceptors (Lipinski definition) is 19. The lowest BCUT2D eigenvalue weighted by atomic mass is 9.95. The van der Waals surface area contributed by atoms with Gasteiger partial charge >= 0.3 is 25.8 Å². The number of phosphoric ester groups is 1. The normalized spacial score (nSPS) is 24.9. The van der Waals surface area contributed by atoms with Crippen LogP contribution >= 0.6 is 7.82 Å². The molecule has 1 aromatic rings. The van der Waals surface area contributed by atoms with Gasteiger partial charge in [0.05, 0.1) is 39.6 Å². The molecule has 0 unspecified atom stereocenters. The largest absolute Gasteiger partial charge is 0.510 e. The number of halogens is 1. The molecular formula is C29H44FN2O19P. The predicted octanol–water partition coefficient (Wildman–Crippen LogP) is 1.88. The number of phosphoric acid groups is 1. The van der Waals surface area contributed by atoms with E-state index in [0.717, 1.165) is 16.8 Å². The number of fused-ring (bicyclic) bond motifs is 1. The van der Waals surface area contributed by atoms with Crippen molar-refractivity contribution in [3.8, 4) is 0 Å². The van der Waals surface area contributed by atoms with Gasteiger partial charge in [-0.1, -0.05) is 0 Å². The zero-order chi connectivity index (χ0) is 37.7. The van der Waals surface area contributed by atoms with Crippen LogP contribution in [0.1, 0.15) is 38.8 Å². The van der Waals surface area contributed by atoms with Crippen molar-refractivity contribution in [2.24, 2.45) is 0 Å². The summed E-state index contributed by atoms with van der Waals surface area (Å²) in [5, 5.41) is 0. The second-order valence-electron chi connectivity index (χ2n) is 11.6. The van der Waals surface area contributed by atoms with Crippen molar-refractivity contribution in [1.29, 1.82) is 0 Å². The van der Waals surface area contributed by atoms with Crippen molar-refractivity contribution in [2.75, 3.05) is 87.3 Å². The molecule has 1 aromatic heterocycles. The number of H-pyrrole nitrogens is 1. The highest BCUT2D eigenvalue weighted by molar-refractivity contribution is 7.48. The van der Waals surface area contributed by atoms with Crippen LogP contribution in [0.15, 0.2) is 21.9 Å². The molecule has 0 amide bonds. The lowest BCUT2D eigenvalue weighted by molar-refractivity contribution is -0.294. The minimum atomic E-state index is -5.20. The summed E-state index contributed by atoms with van der Waals surface area (Å²) in [5.41, 5.74) is -3.35. The number of alkyl halides is 1. The maximum Gasteiger partial charge on any atom is 0.510 e. The molecule has 4 atom stereocenters. The number of ether oxygens (including phenoxy) is 11. The van der Waals surface area contributed by atoms with E-state index in [1.165, 1.54) is 21.1 Å². The van der Waals surface area contributed by atoms with Gasteiger partial charge in [0.1, 0.15) is 25.5 Å². The van der Waals surface area contributed by atoms with Crippen LogP contribution in [0.5, 0.6) is 0 Å². The Morgan fingerprint density at radius 1 is 0.885 bits per heavy atom. The van der Waals surface area contributed by atoms with Crippen LogP contribution in [0, 0.1) is 0 Å². The Labute approximate surface area is 296 Å². The van der Waals surface area contributed by atoms with Crippen LogP contribution < -0.4 is 11.2 Å². The molecule has 1 saturated carbocycles. The average molecular weight is 775 g/mol. The summed E-state index contributed by atoms with van der Waals surface area (Å²) in [6.45, 7) is -1.67. The number of nitrogens with zero attached hydrogens (tertiary/aromatic N) is 1. The molecule has 1 spiro atoms. The summed E-state index contributed by atoms with van der Waals surface area (Å²) in [7, 11) is -2.22. The van der Waals surface area contributed by atoms with Gasteiger partial charge in [0.2, 0.25) is 19.4 Å². The highest BCUT2D eigenvalue weighted by atomic mass is 31.2. The maximum absolute atomic E-state index is 15.4. The Bertz CT molecular complexity index is 1430. The quantitative estimate of drug-likeness (QED) is 0.0766. The highest BCUT2D eigenvalue weighted by Crippen LogP contribution is 2.63. The monoisotopic (exact) mass is 774 g/mol. The Morgan fingerprint density at radius 3 is 1.96 bits per heavy atom. The fourth-order valence-electron chi connectivity index (χ4n) is 5.66. The average Bonchev–Trinajstić information content (AvgIpc) is 3.75. The number of aromatic nitrogens is 2. The second-order valence-corrected chi connectivity index (χ2v) is 13.2. The number of aromatic amines is 1. The smallest absolute Gasteiger partial charge is 0.432 e. The third kappa shape index (κ3) is 10.8. The van der Waals surface area contributed by atoms with Crippen LogP contribution in [-0.2, 0) is 70.2 Å². The standard InChI is InChI=1S/C29H44FN2O19P/c1-27-22(48-28(50-27)7-4-5-8-28)29(18-30,49-23(27)32-9-6-21(33)31-24(32)34)51-52(37,46-19-44-25(35)42-16-14-40-12-10-38-2)47-20-45-26(36)43-17-15-41-13-11-39-3/h6,9,22-23H,4-5,7-8,10-20H2,1-3H3,(H,31,33,34)/t22-,23+,27+,29+/m0/s1. The number of hydrogen-bond donors (Lipinski definition) is 1. The zero-order valence-corrected chi connectivity index (χ0v) is 29.8. The molecule has 3 heterocycles. The van der Waals surface area contributed by atoms with Gasteiger partial charge in [0.15, 0.2) is 18.1 Å². The van der Waals surface area contributed by atoms with E-state index in [-0.39, 0.29) is 39.6 Å². The first kappa shape index (κ1) is 41.7. The number of nitrogens with one attached hydrogen (secondary N) is 1. The maximum atomic E-state index is 15.4. The van der Waals surface area contributed by atoms with Crippen LogP contribution in [0.2, 0.25) is 0 Å². The summed E-state index contributed by atoms with van der Waals surface area (Å²) >= 11 is 0. The molecule has 3 aliphatic rings. The van der Waals surface area contributed by atoms with Crippen molar-refractivity contribution in [3.63, 3.8) is 0 Å². The first-order valence-corrected chi connectivity index (χ1v) is 17.7. The Balaban J connectivity index is 1.50. The molecule has 52 heavy (non-hydrogen) atoms. The third-order valence-corrected chi connectivity index (χ3v) is 9.29. The summed E-state index contributed by atoms with van der Waals surface area (Å²) in [6, 6.07) is 1.03. The van der Waals surface area contributed by atoms with E-state index in [9.17, 15) is 23.7 Å². The molecule has 1 aliphatic carbocycles. The van der Waals surface area contributed by atoms with E-state index < -0.39 is 81.2 Å². The van der Waals surface area contributed by atoms with Gasteiger partial charge in [-0.05, 0) is 19.8 Å². The minimum Gasteiger partial charge on any atom is -0.432 e. The first-order chi connectivity index (χ1) is 24.9. The molecule has 0 bridgehead atoms. The van der Waals surface area contributed by atoms with Crippen LogP contribution in [0.3, 0.4) is 0 Å². The zero-order valence-electron chi connectivity index (χ0n) is 28.9. The molecule has 23 heteroatoms. The van der Waals surface area contributed by atoms with E-state index in [1.54, 1.807) is 0 Å². The van der Waals surface area contributed by atoms with Gasteiger partial charge in [0, 0.05) is 39.3 Å². The molecule has 4 rings (SSSR count). The molecule has 296 valence electrons. The third-order valence-electron chi connectivity index (χ3n) is 7.92. The lowest BCUT2D eigenvalue weighted by Gasteiger charge is -2.34. The van der Waals surface area contributed by atoms with Crippen molar-refractivity contribution in [1.82, 2.24) is 9.55 Å². The highest BCUT2D eigenvalue weighted by Gasteiger charge is 2.74. The van der Waals surface area contributed by atoms with Crippen molar-refractivity contribution in [3.05, 3.63) is 33.1 Å². The first-order valence-electron chi connectivity index (χ1n) is 16.2. The van der Waals surface area contributed by atoms with Crippen LogP contribution in [-0.4, -0.2) is 132 Å². The van der Waals surface area contributed by atoms with Crippen LogP contribution in [0.4, 0.5) is 14.0 Å². The lowest BCUT2D eigenvalue weighted by Crippen LogP contribution is -2.50. The van der Waals surface area contributed by atoms with Gasteiger partial charge < -0.3 is 52.1 Å². The van der Waals surface area contributed by atoms with Gasteiger partial charge in [-0.3, -0.25) is 14.3 Å². The number of rotatable bonds is 22. The fourth-order valence-corrected chi connectivity index (χ4v) is 6.76. The summed E-state index contributed by atoms with van der Waals surface area (Å²) < 4.78 is 104. The van der Waals surface area contributed by atoms with Crippen molar-refractivity contribution < 1.29 is 84.2 Å². The fraction of sp³-hybridized carbons (Fsp3) is 0.793. The SMILES string of the molecule is COCCOCCOC(=O)OCOP(=O)(OCOC(=O)OCCOCCOC)O[C@@]1(CF)O[C@@H](n2ccc(=O)[nH]c2=O)[C@]2(C)OC3(CCCC3)O[C@H]12. The Morgan fingerprint density at radius 2 is 1.44 bits per heavy atom. The van der Waals surface area contributed by atoms with Crippen LogP contribution in [0.25, 0.3) is 0 Å². The summed E-state index contributed by atoms with van der Waals surface area (Å²) in [4.78, 5) is 51.0. The van der Waals surface area contributed by atoms with E-state index in [4.69, 9.17) is 65.7 Å². The van der Waals surface area contributed by atoms with Crippen molar-refractivity contribution >= 4 is 20.1 Å². The number of carbonyl (C=O) groups excluding carboxylic acids is 2. The van der Waals surface area contributed by atoms with Gasteiger partial charge in [0.25, 0.3) is 5.56 Å². The van der Waals surface area contributed by atoms with Gasteiger partial charge in [-0.15, -0.1) is 0 Å². The molecule has 3 fully saturated rings. The predicted molar refractivity (Wildman–Crippen MR) is 167 cm³/mol. The molecule has 0 aromatic carbocycles. The van der Waals surface area contributed by atoms with E-state index >= 15 is 4.39 Å². The minimum absolute atomic E-state index is 0.0103. The molecule has 21 nitrogen and oxygen atoms in total. The second kappa shape index (κ2) is 19.3. The Hall–Kier alpha value is -3.02. The van der Waals surface area contributed by atoms with Gasteiger partial charge in [-0.25, -0.2) is 36.9 Å². The topological polar surface area (TPSA) is 235 Å². The summed E-state index contributed by atoms with van der Waals surface area (Å²) in [6.07, 6.45) is -2.34. The number of methoxy groups -OCH3 is 2. The summed E-state index contributed by atoms with van der Waals surface area (Å²) in [5.74, 6) is -3.93.